The highest BCUT2D eigenvalue weighted by molar-refractivity contribution is 5.23. The molecule has 1 nitrogen and oxygen atoms in total. The third kappa shape index (κ3) is 2.16. The molecule has 1 aliphatic rings. The highest BCUT2D eigenvalue weighted by Crippen LogP contribution is 2.29. The van der Waals surface area contributed by atoms with Crippen molar-refractivity contribution >= 4 is 0 Å². The van der Waals surface area contributed by atoms with Crippen LogP contribution in [0.5, 0.6) is 0 Å². The summed E-state index contributed by atoms with van der Waals surface area (Å²) in [4.78, 5) is 0. The van der Waals surface area contributed by atoms with Gasteiger partial charge in [0.05, 0.1) is 0 Å². The molecule has 1 aromatic carbocycles. The molecule has 1 N–H and O–H groups in total. The van der Waals surface area contributed by atoms with Crippen molar-refractivity contribution in [2.45, 2.75) is 26.7 Å². The van der Waals surface area contributed by atoms with Crippen LogP contribution in [0.4, 0.5) is 0 Å². The first kappa shape index (κ1) is 9.72. The van der Waals surface area contributed by atoms with E-state index in [1.165, 1.54) is 37.1 Å². The van der Waals surface area contributed by atoms with E-state index in [9.17, 15) is 0 Å². The summed E-state index contributed by atoms with van der Waals surface area (Å²) >= 11 is 0. The molecular weight excluding hydrogens is 170 g/mol. The first-order valence-electron chi connectivity index (χ1n) is 5.44. The molecule has 0 radical (unpaired) electrons. The number of aryl methyl sites for hydroxylation is 1. The van der Waals surface area contributed by atoms with Crippen molar-refractivity contribution < 1.29 is 0 Å². The predicted octanol–water partition coefficient (Wildman–Crippen LogP) is 2.54. The molecule has 76 valence electrons. The molecule has 0 aliphatic carbocycles. The number of hydrogen-bond donors (Lipinski definition) is 1. The molecule has 1 aliphatic heterocycles. The maximum absolute atomic E-state index is 3.45. The van der Waals surface area contributed by atoms with Gasteiger partial charge in [-0.25, -0.2) is 0 Å². The molecule has 0 bridgehead atoms. The molecule has 0 saturated carbocycles. The van der Waals surface area contributed by atoms with Gasteiger partial charge in [-0.15, -0.1) is 0 Å². The van der Waals surface area contributed by atoms with E-state index in [1.807, 2.05) is 0 Å². The number of benzene rings is 1. The molecule has 0 amide bonds. The highest BCUT2D eigenvalue weighted by Gasteiger charge is 2.28. The van der Waals surface area contributed by atoms with Gasteiger partial charge in [-0.1, -0.05) is 36.8 Å². The predicted molar refractivity (Wildman–Crippen MR) is 60.5 cm³/mol. The summed E-state index contributed by atoms with van der Waals surface area (Å²) in [6.45, 7) is 6.90. The van der Waals surface area contributed by atoms with E-state index in [0.29, 0.717) is 5.41 Å². The summed E-state index contributed by atoms with van der Waals surface area (Å²) in [6.07, 6.45) is 2.52. The molecule has 1 heteroatoms. The number of nitrogens with one attached hydrogen (secondary N) is 1. The van der Waals surface area contributed by atoms with Gasteiger partial charge in [-0.05, 0) is 37.3 Å². The largest absolute Gasteiger partial charge is 0.316 e. The minimum Gasteiger partial charge on any atom is -0.316 e. The molecule has 1 atom stereocenters. The summed E-state index contributed by atoms with van der Waals surface area (Å²) in [6, 6.07) is 8.88. The number of hydrogen-bond acceptors (Lipinski definition) is 1. The lowest BCUT2D eigenvalue weighted by molar-refractivity contribution is 0.363. The quantitative estimate of drug-likeness (QED) is 0.754. The Labute approximate surface area is 86.5 Å². The van der Waals surface area contributed by atoms with Crippen LogP contribution >= 0.6 is 0 Å². The summed E-state index contributed by atoms with van der Waals surface area (Å²) in [7, 11) is 0. The zero-order chi connectivity index (χ0) is 10.0. The molecule has 0 aromatic heterocycles. The fourth-order valence-corrected chi connectivity index (χ4v) is 2.33. The molecule has 14 heavy (non-hydrogen) atoms. The van der Waals surface area contributed by atoms with Crippen LogP contribution in [0.25, 0.3) is 0 Å². The van der Waals surface area contributed by atoms with Gasteiger partial charge in [-0.3, -0.25) is 0 Å². The van der Waals surface area contributed by atoms with Crippen molar-refractivity contribution in [1.82, 2.24) is 5.32 Å². The normalized spacial score (nSPS) is 26.7. The van der Waals surface area contributed by atoms with Crippen LogP contribution in [0.15, 0.2) is 24.3 Å². The first-order valence-corrected chi connectivity index (χ1v) is 5.44. The molecule has 1 fully saturated rings. The van der Waals surface area contributed by atoms with Crippen molar-refractivity contribution in [2.24, 2.45) is 5.41 Å². The van der Waals surface area contributed by atoms with Gasteiger partial charge >= 0.3 is 0 Å². The van der Waals surface area contributed by atoms with Crippen LogP contribution in [-0.4, -0.2) is 13.1 Å². The second kappa shape index (κ2) is 3.74. The smallest absolute Gasteiger partial charge is 0.000883 e. The van der Waals surface area contributed by atoms with Gasteiger partial charge in [-0.2, -0.15) is 0 Å². The monoisotopic (exact) mass is 189 g/mol. The van der Waals surface area contributed by atoms with Gasteiger partial charge in [0, 0.05) is 6.54 Å². The third-order valence-electron chi connectivity index (χ3n) is 3.17. The Kier molecular flexibility index (Phi) is 2.60. The molecule has 1 unspecified atom stereocenters. The Morgan fingerprint density at radius 2 is 2.29 bits per heavy atom. The molecule has 1 heterocycles. The van der Waals surface area contributed by atoms with Crippen LogP contribution in [0, 0.1) is 12.3 Å². The lowest BCUT2D eigenvalue weighted by Crippen LogP contribution is -2.22. The molecule has 1 saturated heterocycles. The van der Waals surface area contributed by atoms with Crippen LogP contribution in [0.2, 0.25) is 0 Å². The second-order valence-electron chi connectivity index (χ2n) is 4.90. The fraction of sp³-hybridized carbons (Fsp3) is 0.538. The van der Waals surface area contributed by atoms with E-state index >= 15 is 0 Å². The lowest BCUT2D eigenvalue weighted by Gasteiger charge is -2.22. The van der Waals surface area contributed by atoms with Gasteiger partial charge in [0.25, 0.3) is 0 Å². The Bertz CT molecular complexity index is 311. The van der Waals surface area contributed by atoms with E-state index in [1.54, 1.807) is 0 Å². The Hall–Kier alpha value is -0.820. The Morgan fingerprint density at radius 3 is 2.93 bits per heavy atom. The van der Waals surface area contributed by atoms with Crippen LogP contribution < -0.4 is 5.32 Å². The van der Waals surface area contributed by atoms with Crippen molar-refractivity contribution in [3.8, 4) is 0 Å². The second-order valence-corrected chi connectivity index (χ2v) is 4.90. The summed E-state index contributed by atoms with van der Waals surface area (Å²) in [5, 5.41) is 3.45. The first-order chi connectivity index (χ1) is 6.68. The summed E-state index contributed by atoms with van der Waals surface area (Å²) in [5.74, 6) is 0. The van der Waals surface area contributed by atoms with Gasteiger partial charge in [0.1, 0.15) is 0 Å². The zero-order valence-corrected chi connectivity index (χ0v) is 9.14. The van der Waals surface area contributed by atoms with Gasteiger partial charge in [0.15, 0.2) is 0 Å². The van der Waals surface area contributed by atoms with E-state index in [-0.39, 0.29) is 0 Å². The lowest BCUT2D eigenvalue weighted by atomic mass is 9.83. The zero-order valence-electron chi connectivity index (χ0n) is 9.14. The average Bonchev–Trinajstić information content (AvgIpc) is 2.51. The summed E-state index contributed by atoms with van der Waals surface area (Å²) in [5.41, 5.74) is 3.33. The average molecular weight is 189 g/mol. The van der Waals surface area contributed by atoms with Gasteiger partial charge in [0.2, 0.25) is 0 Å². The van der Waals surface area contributed by atoms with E-state index < -0.39 is 0 Å². The van der Waals surface area contributed by atoms with E-state index in [0.717, 1.165) is 0 Å². The maximum Gasteiger partial charge on any atom is 0.000883 e. The SMILES string of the molecule is Cc1cccc(CC2(C)CCNC2)c1. The Balaban J connectivity index is 2.10. The van der Waals surface area contributed by atoms with Crippen LogP contribution in [-0.2, 0) is 6.42 Å². The Morgan fingerprint density at radius 1 is 1.43 bits per heavy atom. The van der Waals surface area contributed by atoms with E-state index in [4.69, 9.17) is 0 Å². The van der Waals surface area contributed by atoms with Crippen LogP contribution in [0.1, 0.15) is 24.5 Å². The molecular formula is C13H19N. The van der Waals surface area contributed by atoms with Crippen molar-refractivity contribution in [2.75, 3.05) is 13.1 Å². The highest BCUT2D eigenvalue weighted by atomic mass is 14.9. The number of rotatable bonds is 2. The third-order valence-corrected chi connectivity index (χ3v) is 3.17. The van der Waals surface area contributed by atoms with Crippen molar-refractivity contribution in [3.05, 3.63) is 35.4 Å². The van der Waals surface area contributed by atoms with E-state index in [2.05, 4.69) is 43.4 Å². The minimum atomic E-state index is 0.480. The molecule has 0 spiro atoms. The fourth-order valence-electron chi connectivity index (χ4n) is 2.33. The molecule has 1 aromatic rings. The summed E-state index contributed by atoms with van der Waals surface area (Å²) < 4.78 is 0. The van der Waals surface area contributed by atoms with Gasteiger partial charge < -0.3 is 5.32 Å². The topological polar surface area (TPSA) is 12.0 Å². The van der Waals surface area contributed by atoms with Crippen LogP contribution in [0.3, 0.4) is 0 Å². The maximum atomic E-state index is 3.45. The van der Waals surface area contributed by atoms with Crippen molar-refractivity contribution in [1.29, 1.82) is 0 Å². The van der Waals surface area contributed by atoms with Crippen molar-refractivity contribution in [3.63, 3.8) is 0 Å². The standard InChI is InChI=1S/C13H19N/c1-11-4-3-5-12(8-11)9-13(2)6-7-14-10-13/h3-5,8,14H,6-7,9-10H2,1-2H3. The molecule has 2 rings (SSSR count). The minimum absolute atomic E-state index is 0.480.